The summed E-state index contributed by atoms with van der Waals surface area (Å²) in [6, 6.07) is 5.57. The maximum atomic E-state index is 11.3. The normalized spacial score (nSPS) is 14.0. The highest BCUT2D eigenvalue weighted by molar-refractivity contribution is 7.89. The number of nitrogens with one attached hydrogen (secondary N) is 1. The zero-order valence-corrected chi connectivity index (χ0v) is 10.1. The van der Waals surface area contributed by atoms with Crippen molar-refractivity contribution in [2.45, 2.75) is 18.6 Å². The Labute approximate surface area is 98.9 Å². The molecule has 0 saturated carbocycles. The quantitative estimate of drug-likeness (QED) is 0.782. The molecule has 0 fully saturated rings. The van der Waals surface area contributed by atoms with Gasteiger partial charge >= 0.3 is 0 Å². The van der Waals surface area contributed by atoms with Crippen LogP contribution in [-0.2, 0) is 16.4 Å². The standard InChI is InChI=1S/C10H13N3O3S/c1-8(17(15,16)12-14)6-9-7-13-5-3-2-4-10(13)11-9/h2-5,7-8,12,14H,6H2,1H3. The number of imidazole rings is 1. The number of aromatic nitrogens is 2. The van der Waals surface area contributed by atoms with Crippen molar-refractivity contribution < 1.29 is 13.6 Å². The van der Waals surface area contributed by atoms with E-state index in [0.29, 0.717) is 5.69 Å². The van der Waals surface area contributed by atoms with Gasteiger partial charge in [-0.1, -0.05) is 11.0 Å². The summed E-state index contributed by atoms with van der Waals surface area (Å²) in [5, 5.41) is 7.78. The molecule has 0 radical (unpaired) electrons. The Hall–Kier alpha value is -1.44. The summed E-state index contributed by atoms with van der Waals surface area (Å²) >= 11 is 0. The largest absolute Gasteiger partial charge is 0.307 e. The number of rotatable bonds is 4. The van der Waals surface area contributed by atoms with E-state index in [9.17, 15) is 8.42 Å². The number of nitrogens with zero attached hydrogens (tertiary/aromatic N) is 2. The van der Waals surface area contributed by atoms with Crippen LogP contribution >= 0.6 is 0 Å². The van der Waals surface area contributed by atoms with Crippen molar-refractivity contribution >= 4 is 15.7 Å². The summed E-state index contributed by atoms with van der Waals surface area (Å²) in [6.45, 7) is 1.52. The smallest absolute Gasteiger partial charge is 0.236 e. The fourth-order valence-corrected chi connectivity index (χ4v) is 2.15. The van der Waals surface area contributed by atoms with Gasteiger partial charge in [-0.25, -0.2) is 13.4 Å². The molecule has 6 nitrogen and oxygen atoms in total. The van der Waals surface area contributed by atoms with Gasteiger partial charge in [-0.2, -0.15) is 0 Å². The summed E-state index contributed by atoms with van der Waals surface area (Å²) < 4.78 is 24.5. The van der Waals surface area contributed by atoms with Gasteiger partial charge < -0.3 is 9.61 Å². The zero-order valence-electron chi connectivity index (χ0n) is 9.24. The number of hydrogen-bond acceptors (Lipinski definition) is 4. The lowest BCUT2D eigenvalue weighted by molar-refractivity contribution is 0.241. The van der Waals surface area contributed by atoms with E-state index < -0.39 is 15.3 Å². The van der Waals surface area contributed by atoms with Crippen molar-refractivity contribution in [3.8, 4) is 0 Å². The lowest BCUT2D eigenvalue weighted by atomic mass is 10.3. The molecular formula is C10H13N3O3S. The van der Waals surface area contributed by atoms with Gasteiger partial charge in [-0.05, 0) is 19.1 Å². The minimum absolute atomic E-state index is 0.248. The lowest BCUT2D eigenvalue weighted by Crippen LogP contribution is -2.31. The van der Waals surface area contributed by atoms with Crippen LogP contribution in [0, 0.1) is 0 Å². The van der Waals surface area contributed by atoms with Gasteiger partial charge in [0.15, 0.2) is 0 Å². The van der Waals surface area contributed by atoms with Crippen molar-refractivity contribution in [3.05, 3.63) is 36.3 Å². The molecule has 7 heteroatoms. The van der Waals surface area contributed by atoms with Crippen molar-refractivity contribution in [1.29, 1.82) is 0 Å². The van der Waals surface area contributed by atoms with Crippen LogP contribution in [0.25, 0.3) is 5.65 Å². The van der Waals surface area contributed by atoms with Gasteiger partial charge in [0.2, 0.25) is 10.0 Å². The van der Waals surface area contributed by atoms with Crippen LogP contribution in [0.1, 0.15) is 12.6 Å². The van der Waals surface area contributed by atoms with Gasteiger partial charge in [0, 0.05) is 18.8 Å². The second-order valence-corrected chi connectivity index (χ2v) is 5.93. The highest BCUT2D eigenvalue weighted by atomic mass is 32.2. The van der Waals surface area contributed by atoms with Crippen LogP contribution in [0.15, 0.2) is 30.6 Å². The Bertz CT molecular complexity index is 588. The van der Waals surface area contributed by atoms with Gasteiger partial charge in [-0.15, -0.1) is 0 Å². The molecule has 92 valence electrons. The highest BCUT2D eigenvalue weighted by Gasteiger charge is 2.21. The molecule has 0 aromatic carbocycles. The summed E-state index contributed by atoms with van der Waals surface area (Å²) in [6.07, 6.45) is 3.87. The number of pyridine rings is 1. The molecule has 0 amide bonds. The third-order valence-corrected chi connectivity index (χ3v) is 4.05. The molecule has 2 aromatic rings. The monoisotopic (exact) mass is 255 g/mol. The van der Waals surface area contributed by atoms with E-state index >= 15 is 0 Å². The molecule has 1 unspecified atom stereocenters. The van der Waals surface area contributed by atoms with E-state index in [1.54, 1.807) is 6.20 Å². The van der Waals surface area contributed by atoms with Crippen LogP contribution < -0.4 is 4.89 Å². The van der Waals surface area contributed by atoms with E-state index in [-0.39, 0.29) is 6.42 Å². The average Bonchev–Trinajstić information content (AvgIpc) is 2.70. The fraction of sp³-hybridized carbons (Fsp3) is 0.300. The van der Waals surface area contributed by atoms with Crippen molar-refractivity contribution in [1.82, 2.24) is 14.3 Å². The zero-order chi connectivity index (χ0) is 12.5. The van der Waals surface area contributed by atoms with Crippen LogP contribution in [0.2, 0.25) is 0 Å². The van der Waals surface area contributed by atoms with Gasteiger partial charge in [0.05, 0.1) is 10.9 Å². The Balaban J connectivity index is 2.24. The minimum atomic E-state index is -3.68. The van der Waals surface area contributed by atoms with E-state index in [2.05, 4.69) is 4.98 Å². The first-order chi connectivity index (χ1) is 8.03. The SMILES string of the molecule is CC(Cc1cn2ccccc2n1)S(=O)(=O)NO. The Morgan fingerprint density at radius 3 is 2.94 bits per heavy atom. The molecular weight excluding hydrogens is 242 g/mol. The molecule has 2 aromatic heterocycles. The Morgan fingerprint density at radius 2 is 2.29 bits per heavy atom. The second-order valence-electron chi connectivity index (χ2n) is 3.85. The predicted molar refractivity (Wildman–Crippen MR) is 62.2 cm³/mol. The van der Waals surface area contributed by atoms with E-state index in [4.69, 9.17) is 5.21 Å². The predicted octanol–water partition coefficient (Wildman–Crippen LogP) is 0.574. The number of fused-ring (bicyclic) bond motifs is 1. The summed E-state index contributed by atoms with van der Waals surface area (Å²) in [4.78, 5) is 5.62. The van der Waals surface area contributed by atoms with Crippen LogP contribution in [0.5, 0.6) is 0 Å². The summed E-state index contributed by atoms with van der Waals surface area (Å²) in [5.41, 5.74) is 1.44. The van der Waals surface area contributed by atoms with Gasteiger partial charge in [-0.3, -0.25) is 0 Å². The molecule has 0 aliphatic rings. The summed E-state index contributed by atoms with van der Waals surface area (Å²) in [5.74, 6) is 0. The first-order valence-electron chi connectivity index (χ1n) is 5.10. The van der Waals surface area contributed by atoms with E-state index in [1.165, 1.54) is 11.8 Å². The van der Waals surface area contributed by atoms with Crippen LogP contribution in [0.3, 0.4) is 0 Å². The highest BCUT2D eigenvalue weighted by Crippen LogP contribution is 2.10. The molecule has 2 rings (SSSR count). The topological polar surface area (TPSA) is 83.7 Å². The molecule has 0 saturated heterocycles. The number of sulfonamides is 1. The Morgan fingerprint density at radius 1 is 1.53 bits per heavy atom. The third kappa shape index (κ3) is 2.46. The first-order valence-corrected chi connectivity index (χ1v) is 6.65. The van der Waals surface area contributed by atoms with Crippen molar-refractivity contribution in [3.63, 3.8) is 0 Å². The maximum Gasteiger partial charge on any atom is 0.236 e. The average molecular weight is 255 g/mol. The molecule has 2 heterocycles. The first kappa shape index (κ1) is 12.0. The third-order valence-electron chi connectivity index (χ3n) is 2.57. The van der Waals surface area contributed by atoms with E-state index in [1.807, 2.05) is 28.8 Å². The fourth-order valence-electron chi connectivity index (χ4n) is 1.58. The summed E-state index contributed by atoms with van der Waals surface area (Å²) in [7, 11) is -3.68. The molecule has 0 bridgehead atoms. The Kier molecular flexibility index (Phi) is 3.14. The lowest BCUT2D eigenvalue weighted by Gasteiger charge is -2.08. The molecule has 17 heavy (non-hydrogen) atoms. The number of hydrogen-bond donors (Lipinski definition) is 2. The van der Waals surface area contributed by atoms with Gasteiger partial charge in [0.1, 0.15) is 5.65 Å². The van der Waals surface area contributed by atoms with Crippen molar-refractivity contribution in [2.24, 2.45) is 0 Å². The molecule has 0 spiro atoms. The minimum Gasteiger partial charge on any atom is -0.307 e. The maximum absolute atomic E-state index is 11.3. The second kappa shape index (κ2) is 4.44. The van der Waals surface area contributed by atoms with Crippen molar-refractivity contribution in [2.75, 3.05) is 0 Å². The van der Waals surface area contributed by atoms with Crippen LogP contribution in [0.4, 0.5) is 0 Å². The molecule has 1 atom stereocenters. The van der Waals surface area contributed by atoms with Gasteiger partial charge in [0.25, 0.3) is 0 Å². The molecule has 0 aliphatic heterocycles. The van der Waals surface area contributed by atoms with Crippen LogP contribution in [-0.4, -0.2) is 28.3 Å². The molecule has 0 aliphatic carbocycles. The molecule has 2 N–H and O–H groups in total. The van der Waals surface area contributed by atoms with E-state index in [0.717, 1.165) is 5.65 Å².